The van der Waals surface area contributed by atoms with Crippen LogP contribution in [0.5, 0.6) is 0 Å². The Morgan fingerprint density at radius 3 is 2.73 bits per heavy atom. The number of thiophene rings is 1. The molecule has 4 rings (SSSR count). The van der Waals surface area contributed by atoms with Gasteiger partial charge in [-0.1, -0.05) is 30.3 Å². The molecule has 0 spiro atoms. The minimum atomic E-state index is -1.07. The monoisotopic (exact) mass is 437 g/mol. The molecule has 6 nitrogen and oxygen atoms in total. The number of aromatic amines is 1. The summed E-state index contributed by atoms with van der Waals surface area (Å²) in [6, 6.07) is 16.3. The standard InChI is InChI=1S/C22H19N3O3S2/c1-13-10-19(26)25-21(23-13)14-6-5-7-15(11-14)24-22(27)20-17(12-30(2)28)16-8-3-4-9-18(16)29-20/h3-11H,12H2,1-2H3,(H,24,27)(H,23,25,26)/t30-/m1/s1. The number of fused-ring (bicyclic) bond motifs is 1. The fourth-order valence-corrected chi connectivity index (χ4v) is 5.19. The molecule has 8 heteroatoms. The van der Waals surface area contributed by atoms with Crippen molar-refractivity contribution in [1.29, 1.82) is 0 Å². The van der Waals surface area contributed by atoms with Gasteiger partial charge in [0.15, 0.2) is 0 Å². The average molecular weight is 438 g/mol. The van der Waals surface area contributed by atoms with Crippen molar-refractivity contribution in [3.63, 3.8) is 0 Å². The van der Waals surface area contributed by atoms with Gasteiger partial charge in [0.05, 0.1) is 10.6 Å². The molecule has 2 aromatic carbocycles. The molecule has 2 N–H and O–H groups in total. The van der Waals surface area contributed by atoms with E-state index in [4.69, 9.17) is 0 Å². The van der Waals surface area contributed by atoms with Crippen LogP contribution < -0.4 is 10.9 Å². The average Bonchev–Trinajstić information content (AvgIpc) is 3.06. The molecule has 0 aliphatic carbocycles. The number of hydrogen-bond acceptors (Lipinski definition) is 5. The molecule has 0 unspecified atom stereocenters. The second-order valence-electron chi connectivity index (χ2n) is 6.89. The minimum absolute atomic E-state index is 0.227. The number of benzene rings is 2. The molecule has 2 aromatic heterocycles. The number of anilines is 1. The highest BCUT2D eigenvalue weighted by atomic mass is 32.2. The fraction of sp³-hybridized carbons (Fsp3) is 0.136. The molecule has 30 heavy (non-hydrogen) atoms. The molecule has 0 saturated carbocycles. The first-order valence-corrected chi connectivity index (χ1v) is 11.8. The fourth-order valence-electron chi connectivity index (χ4n) is 3.28. The van der Waals surface area contributed by atoms with Crippen LogP contribution in [0.25, 0.3) is 21.5 Å². The normalized spacial score (nSPS) is 12.1. The lowest BCUT2D eigenvalue weighted by Gasteiger charge is -2.08. The van der Waals surface area contributed by atoms with Crippen LogP contribution in [-0.4, -0.2) is 26.3 Å². The molecule has 0 radical (unpaired) electrons. The van der Waals surface area contributed by atoms with Crippen LogP contribution in [0.4, 0.5) is 5.69 Å². The third-order valence-corrected chi connectivity index (χ3v) is 6.42. The predicted molar refractivity (Wildman–Crippen MR) is 123 cm³/mol. The van der Waals surface area contributed by atoms with Crippen LogP contribution in [-0.2, 0) is 16.6 Å². The summed E-state index contributed by atoms with van der Waals surface area (Å²) in [7, 11) is -1.07. The molecule has 2 heterocycles. The summed E-state index contributed by atoms with van der Waals surface area (Å²) in [5, 5.41) is 3.88. The van der Waals surface area contributed by atoms with E-state index in [1.807, 2.05) is 30.3 Å². The topological polar surface area (TPSA) is 91.9 Å². The van der Waals surface area contributed by atoms with Crippen molar-refractivity contribution < 1.29 is 9.00 Å². The van der Waals surface area contributed by atoms with E-state index in [2.05, 4.69) is 15.3 Å². The van der Waals surface area contributed by atoms with E-state index in [0.29, 0.717) is 33.4 Å². The van der Waals surface area contributed by atoms with Gasteiger partial charge in [-0.3, -0.25) is 13.8 Å². The van der Waals surface area contributed by atoms with Crippen molar-refractivity contribution >= 4 is 43.8 Å². The third kappa shape index (κ3) is 4.24. The van der Waals surface area contributed by atoms with Gasteiger partial charge in [-0.15, -0.1) is 11.3 Å². The predicted octanol–water partition coefficient (Wildman–Crippen LogP) is 4.09. The minimum Gasteiger partial charge on any atom is -0.321 e. The third-order valence-electron chi connectivity index (χ3n) is 4.52. The maximum atomic E-state index is 13.1. The molecule has 1 amide bonds. The van der Waals surface area contributed by atoms with Gasteiger partial charge in [0.1, 0.15) is 5.82 Å². The van der Waals surface area contributed by atoms with Crippen LogP contribution in [0.15, 0.2) is 59.4 Å². The molecule has 4 aromatic rings. The lowest BCUT2D eigenvalue weighted by molar-refractivity contribution is 0.103. The van der Waals surface area contributed by atoms with Crippen LogP contribution in [0.1, 0.15) is 20.9 Å². The number of amides is 1. The highest BCUT2D eigenvalue weighted by molar-refractivity contribution is 7.83. The van der Waals surface area contributed by atoms with Crippen LogP contribution >= 0.6 is 11.3 Å². The van der Waals surface area contributed by atoms with E-state index in [0.717, 1.165) is 15.6 Å². The SMILES string of the molecule is Cc1cc(=O)[nH]c(-c2cccc(NC(=O)c3sc4ccccc4c3C[S@@](C)=O)c2)n1. The van der Waals surface area contributed by atoms with Crippen molar-refractivity contribution in [2.24, 2.45) is 0 Å². The molecule has 0 bridgehead atoms. The van der Waals surface area contributed by atoms with Gasteiger partial charge in [0.2, 0.25) is 0 Å². The molecule has 0 aliphatic rings. The smallest absolute Gasteiger partial charge is 0.266 e. The van der Waals surface area contributed by atoms with Crippen molar-refractivity contribution in [3.8, 4) is 11.4 Å². The molecule has 152 valence electrons. The van der Waals surface area contributed by atoms with Gasteiger partial charge in [0.25, 0.3) is 11.5 Å². The highest BCUT2D eigenvalue weighted by Crippen LogP contribution is 2.33. The Hall–Kier alpha value is -3.10. The Morgan fingerprint density at radius 1 is 1.17 bits per heavy atom. The zero-order chi connectivity index (χ0) is 21.3. The summed E-state index contributed by atoms with van der Waals surface area (Å²) in [5.74, 6) is 0.515. The number of H-pyrrole nitrogens is 1. The van der Waals surface area contributed by atoms with E-state index in [1.54, 1.807) is 31.4 Å². The number of carbonyl (C=O) groups is 1. The second kappa shape index (κ2) is 8.33. The van der Waals surface area contributed by atoms with Gasteiger partial charge in [-0.25, -0.2) is 4.98 Å². The lowest BCUT2D eigenvalue weighted by atomic mass is 10.1. The molecule has 1 atom stereocenters. The largest absolute Gasteiger partial charge is 0.321 e. The Balaban J connectivity index is 1.68. The number of hydrogen-bond donors (Lipinski definition) is 2. The Bertz CT molecular complexity index is 1340. The van der Waals surface area contributed by atoms with E-state index in [9.17, 15) is 13.8 Å². The first-order valence-electron chi connectivity index (χ1n) is 9.21. The lowest BCUT2D eigenvalue weighted by Crippen LogP contribution is -2.13. The molecule has 0 fully saturated rings. The summed E-state index contributed by atoms with van der Waals surface area (Å²) < 4.78 is 12.9. The number of carbonyl (C=O) groups excluding carboxylic acids is 1. The maximum Gasteiger partial charge on any atom is 0.266 e. The Morgan fingerprint density at radius 2 is 1.97 bits per heavy atom. The zero-order valence-electron chi connectivity index (χ0n) is 16.4. The maximum absolute atomic E-state index is 13.1. The van der Waals surface area contributed by atoms with Gasteiger partial charge in [0, 0.05) is 44.8 Å². The van der Waals surface area contributed by atoms with E-state index < -0.39 is 10.8 Å². The number of nitrogens with one attached hydrogen (secondary N) is 2. The summed E-state index contributed by atoms with van der Waals surface area (Å²) in [4.78, 5) is 32.4. The Labute approximate surface area is 179 Å². The van der Waals surface area contributed by atoms with E-state index in [-0.39, 0.29) is 11.5 Å². The summed E-state index contributed by atoms with van der Waals surface area (Å²) in [6.07, 6.45) is 1.63. The molecular formula is C22H19N3O3S2. The molecule has 0 saturated heterocycles. The van der Waals surface area contributed by atoms with Crippen LogP contribution in [0.2, 0.25) is 0 Å². The number of nitrogens with zero attached hydrogens (tertiary/aromatic N) is 1. The Kier molecular flexibility index (Phi) is 5.61. The van der Waals surface area contributed by atoms with Crippen LogP contribution in [0.3, 0.4) is 0 Å². The second-order valence-corrected chi connectivity index (χ2v) is 9.38. The summed E-state index contributed by atoms with van der Waals surface area (Å²) >= 11 is 1.39. The van der Waals surface area contributed by atoms with Gasteiger partial charge in [-0.2, -0.15) is 0 Å². The van der Waals surface area contributed by atoms with Gasteiger partial charge < -0.3 is 10.3 Å². The van der Waals surface area contributed by atoms with Crippen molar-refractivity contribution in [2.75, 3.05) is 11.6 Å². The van der Waals surface area contributed by atoms with Gasteiger partial charge in [-0.05, 0) is 36.1 Å². The quantitative estimate of drug-likeness (QED) is 0.492. The van der Waals surface area contributed by atoms with Crippen molar-refractivity contribution in [1.82, 2.24) is 9.97 Å². The number of aromatic nitrogens is 2. The van der Waals surface area contributed by atoms with E-state index in [1.165, 1.54) is 17.4 Å². The molecule has 0 aliphatic heterocycles. The van der Waals surface area contributed by atoms with Crippen molar-refractivity contribution in [2.45, 2.75) is 12.7 Å². The van der Waals surface area contributed by atoms with E-state index >= 15 is 0 Å². The number of aryl methyl sites for hydroxylation is 1. The van der Waals surface area contributed by atoms with Gasteiger partial charge >= 0.3 is 0 Å². The highest BCUT2D eigenvalue weighted by Gasteiger charge is 2.19. The zero-order valence-corrected chi connectivity index (χ0v) is 18.0. The number of rotatable bonds is 5. The van der Waals surface area contributed by atoms with Crippen LogP contribution in [0, 0.1) is 6.92 Å². The summed E-state index contributed by atoms with van der Waals surface area (Å²) in [5.41, 5.74) is 2.47. The first kappa shape index (κ1) is 20.2. The first-order chi connectivity index (χ1) is 14.4. The molecular weight excluding hydrogens is 418 g/mol. The summed E-state index contributed by atoms with van der Waals surface area (Å²) in [6.45, 7) is 1.75. The van der Waals surface area contributed by atoms with Crippen molar-refractivity contribution in [3.05, 3.63) is 81.1 Å².